The number of aliphatic carboxylic acids is 2. The Labute approximate surface area is 344 Å². The number of thioether (sulfide) groups is 1. The zero-order valence-electron chi connectivity index (χ0n) is 31.1. The zero-order valence-corrected chi connectivity index (χ0v) is 31.9. The minimum Gasteiger partial charge on any atom is -0.479 e. The lowest BCUT2D eigenvalue weighted by molar-refractivity contribution is -0.271. The van der Waals surface area contributed by atoms with Gasteiger partial charge >= 0.3 is 11.9 Å². The van der Waals surface area contributed by atoms with Gasteiger partial charge in [-0.15, -0.1) is 11.8 Å². The van der Waals surface area contributed by atoms with Crippen molar-refractivity contribution in [2.24, 2.45) is 0 Å². The van der Waals surface area contributed by atoms with Crippen LogP contribution in [0.2, 0.25) is 0 Å². The SMILES string of the molecule is O=C(O)C1O[C@@H](Oc2cccc(-c3ccc([C@@H]4[C@@H](SC[C@H](O)c5ccc(F)cc5)C(=O)N4c4ccccc4)c(O[C@@H]4OC(C(=O)O)C(O)C(O)C4O)c3)c2)C(O)C(O)C1O. The molecule has 0 spiro atoms. The summed E-state index contributed by atoms with van der Waals surface area (Å²) in [6, 6.07) is 23.9. The molecule has 4 aromatic carbocycles. The number of benzene rings is 4. The third kappa shape index (κ3) is 8.54. The second-order valence-corrected chi connectivity index (χ2v) is 15.5. The van der Waals surface area contributed by atoms with E-state index in [0.717, 1.165) is 11.8 Å². The predicted molar refractivity (Wildman–Crippen MR) is 206 cm³/mol. The molecule has 4 aromatic rings. The van der Waals surface area contributed by atoms with Gasteiger partial charge in [0.15, 0.2) is 12.2 Å². The Bertz CT molecular complexity index is 2180. The van der Waals surface area contributed by atoms with Gasteiger partial charge in [0, 0.05) is 17.0 Å². The molecular formula is C41H40FNO16S. The Morgan fingerprint density at radius 2 is 1.28 bits per heavy atom. The number of ether oxygens (including phenoxy) is 4. The monoisotopic (exact) mass is 853 g/mol. The van der Waals surface area contributed by atoms with Crippen molar-refractivity contribution in [2.75, 3.05) is 10.7 Å². The first-order valence-electron chi connectivity index (χ1n) is 18.5. The zero-order chi connectivity index (χ0) is 43.0. The second kappa shape index (κ2) is 17.8. The van der Waals surface area contributed by atoms with Crippen LogP contribution >= 0.6 is 11.8 Å². The van der Waals surface area contributed by atoms with Gasteiger partial charge in [-0.3, -0.25) is 4.79 Å². The van der Waals surface area contributed by atoms with Crippen LogP contribution < -0.4 is 14.4 Å². The first-order chi connectivity index (χ1) is 28.6. The number of anilines is 1. The molecule has 0 saturated carbocycles. The van der Waals surface area contributed by atoms with Crippen molar-refractivity contribution in [3.63, 3.8) is 0 Å². The summed E-state index contributed by atoms with van der Waals surface area (Å²) in [7, 11) is 0. The van der Waals surface area contributed by atoms with E-state index in [2.05, 4.69) is 0 Å². The van der Waals surface area contributed by atoms with Crippen molar-refractivity contribution >= 4 is 35.3 Å². The number of carboxylic acid groups (broad SMARTS) is 2. The van der Waals surface area contributed by atoms with E-state index in [9.17, 15) is 64.7 Å². The highest BCUT2D eigenvalue weighted by molar-refractivity contribution is 8.00. The van der Waals surface area contributed by atoms with Crippen LogP contribution in [0.4, 0.5) is 10.1 Å². The average Bonchev–Trinajstić information content (AvgIpc) is 3.23. The number of aliphatic hydroxyl groups is 7. The molecule has 0 bridgehead atoms. The molecule has 19 heteroatoms. The van der Waals surface area contributed by atoms with E-state index < -0.39 is 96.6 Å². The summed E-state index contributed by atoms with van der Waals surface area (Å²) in [4.78, 5) is 39.0. The lowest BCUT2D eigenvalue weighted by atomic mass is 9.90. The van der Waals surface area contributed by atoms with Gasteiger partial charge in [-0.2, -0.15) is 0 Å². The summed E-state index contributed by atoms with van der Waals surface area (Å²) in [5.74, 6) is -4.10. The Hall–Kier alpha value is -5.19. The Balaban J connectivity index is 1.26. The molecule has 3 aliphatic rings. The number of β-lactam (4-membered cyclic amide) rings is 1. The summed E-state index contributed by atoms with van der Waals surface area (Å²) in [6.45, 7) is 0. The summed E-state index contributed by atoms with van der Waals surface area (Å²) < 4.78 is 36.2. The number of amides is 1. The highest BCUT2D eigenvalue weighted by atomic mass is 32.2. The van der Waals surface area contributed by atoms with Crippen LogP contribution in [-0.2, 0) is 23.9 Å². The van der Waals surface area contributed by atoms with Crippen LogP contribution in [0.3, 0.4) is 0 Å². The smallest absolute Gasteiger partial charge is 0.335 e. The lowest BCUT2D eigenvalue weighted by Gasteiger charge is -2.48. The molecule has 3 aliphatic heterocycles. The molecule has 3 saturated heterocycles. The lowest BCUT2D eigenvalue weighted by Crippen LogP contribution is -2.61. The van der Waals surface area contributed by atoms with Gasteiger partial charge in [0.2, 0.25) is 18.5 Å². The summed E-state index contributed by atoms with van der Waals surface area (Å²) in [6.07, 6.45) is -20.3. The second-order valence-electron chi connectivity index (χ2n) is 14.3. The number of aliphatic hydroxyl groups excluding tert-OH is 7. The topological polar surface area (TPSA) is 273 Å². The first kappa shape index (κ1) is 42.9. The maximum atomic E-state index is 13.9. The molecule has 3 fully saturated rings. The number of para-hydroxylation sites is 1. The fourth-order valence-electron chi connectivity index (χ4n) is 7.15. The summed E-state index contributed by atoms with van der Waals surface area (Å²) in [5.41, 5.74) is 2.03. The largest absolute Gasteiger partial charge is 0.479 e. The van der Waals surface area contributed by atoms with E-state index >= 15 is 0 Å². The highest BCUT2D eigenvalue weighted by Gasteiger charge is 2.52. The Morgan fingerprint density at radius 1 is 0.700 bits per heavy atom. The van der Waals surface area contributed by atoms with Crippen LogP contribution in [0, 0.1) is 5.82 Å². The third-order valence-corrected chi connectivity index (χ3v) is 11.7. The van der Waals surface area contributed by atoms with Gasteiger partial charge in [0.05, 0.1) is 12.1 Å². The van der Waals surface area contributed by atoms with Gasteiger partial charge in [-0.25, -0.2) is 14.0 Å². The van der Waals surface area contributed by atoms with Crippen molar-refractivity contribution in [1.82, 2.24) is 0 Å². The van der Waals surface area contributed by atoms with E-state index in [-0.39, 0.29) is 23.2 Å². The van der Waals surface area contributed by atoms with Gasteiger partial charge < -0.3 is 69.8 Å². The number of hydrogen-bond acceptors (Lipinski definition) is 15. The number of carbonyl (C=O) groups is 3. The molecule has 0 aromatic heterocycles. The van der Waals surface area contributed by atoms with Crippen molar-refractivity contribution in [2.45, 2.75) is 78.8 Å². The third-order valence-electron chi connectivity index (χ3n) is 10.4. The minimum absolute atomic E-state index is 0.0136. The molecule has 9 N–H and O–H groups in total. The molecule has 8 unspecified atom stereocenters. The number of carbonyl (C=O) groups excluding carboxylic acids is 1. The molecule has 13 atom stereocenters. The van der Waals surface area contributed by atoms with Gasteiger partial charge in [-0.1, -0.05) is 54.6 Å². The van der Waals surface area contributed by atoms with Crippen LogP contribution in [0.15, 0.2) is 97.1 Å². The number of hydrogen-bond donors (Lipinski definition) is 9. The molecule has 7 rings (SSSR count). The van der Waals surface area contributed by atoms with Crippen molar-refractivity contribution in [3.05, 3.63) is 114 Å². The molecule has 1 amide bonds. The van der Waals surface area contributed by atoms with Crippen molar-refractivity contribution in [3.8, 4) is 22.6 Å². The highest BCUT2D eigenvalue weighted by Crippen LogP contribution is 2.49. The summed E-state index contributed by atoms with van der Waals surface area (Å²) >= 11 is 1.12. The Kier molecular flexibility index (Phi) is 12.7. The molecule has 318 valence electrons. The van der Waals surface area contributed by atoms with E-state index in [4.69, 9.17) is 18.9 Å². The average molecular weight is 854 g/mol. The van der Waals surface area contributed by atoms with E-state index in [0.29, 0.717) is 27.9 Å². The molecular weight excluding hydrogens is 814 g/mol. The van der Waals surface area contributed by atoms with Gasteiger partial charge in [0.25, 0.3) is 0 Å². The van der Waals surface area contributed by atoms with E-state index in [1.54, 1.807) is 48.5 Å². The number of carboxylic acids is 2. The Morgan fingerprint density at radius 3 is 1.88 bits per heavy atom. The first-order valence-corrected chi connectivity index (χ1v) is 19.6. The van der Waals surface area contributed by atoms with Crippen LogP contribution in [0.25, 0.3) is 11.1 Å². The van der Waals surface area contributed by atoms with Crippen LogP contribution in [0.5, 0.6) is 11.5 Å². The summed E-state index contributed by atoms with van der Waals surface area (Å²) in [5, 5.41) is 92.1. The van der Waals surface area contributed by atoms with E-state index in [1.165, 1.54) is 53.4 Å². The van der Waals surface area contributed by atoms with Crippen molar-refractivity contribution < 1.29 is 83.7 Å². The maximum Gasteiger partial charge on any atom is 0.335 e. The number of halogens is 1. The fraction of sp³-hybridized carbons (Fsp3) is 0.341. The number of nitrogens with zero attached hydrogens (tertiary/aromatic N) is 1. The molecule has 60 heavy (non-hydrogen) atoms. The quantitative estimate of drug-likeness (QED) is 0.0848. The fourth-order valence-corrected chi connectivity index (χ4v) is 8.44. The van der Waals surface area contributed by atoms with Gasteiger partial charge in [-0.05, 0) is 59.2 Å². The van der Waals surface area contributed by atoms with Crippen LogP contribution in [-0.4, -0.2) is 136 Å². The van der Waals surface area contributed by atoms with Crippen LogP contribution in [0.1, 0.15) is 23.3 Å². The number of rotatable bonds is 13. The molecule has 3 heterocycles. The maximum absolute atomic E-state index is 13.9. The standard InChI is InChI=1S/C41H40FNO16S/c42-21-12-9-18(10-13-21)25(44)17-60-36-27(43(37(36)51)22-6-2-1-3-7-22)24-14-11-20(16-26(24)57-41-33(50)29(46)31(48)35(59-41)39(54)55)19-5-4-8-23(15-19)56-40-32(49)28(45)30(47)34(58-40)38(52)53/h1-16,25,27-36,40-41,44-50H,17H2,(H,52,53)(H,54,55)/t25-,27+,28?,29?,30?,31?,32?,33?,34?,35?,36+,40+,41+/m0/s1. The van der Waals surface area contributed by atoms with E-state index in [1.807, 2.05) is 0 Å². The van der Waals surface area contributed by atoms with Crippen molar-refractivity contribution in [1.29, 1.82) is 0 Å². The molecule has 0 radical (unpaired) electrons. The van der Waals surface area contributed by atoms with Gasteiger partial charge in [0.1, 0.15) is 59.2 Å². The molecule has 0 aliphatic carbocycles. The predicted octanol–water partition coefficient (Wildman–Crippen LogP) is 0.958. The molecule has 17 nitrogen and oxygen atoms in total. The minimum atomic E-state index is -2.01. The normalized spacial score (nSPS) is 30.9.